The van der Waals surface area contributed by atoms with Gasteiger partial charge in [-0.2, -0.15) is 4.31 Å². The van der Waals surface area contributed by atoms with Gasteiger partial charge in [0.15, 0.2) is 0 Å². The summed E-state index contributed by atoms with van der Waals surface area (Å²) >= 11 is 0. The molecule has 1 N–H and O–H groups in total. The van der Waals surface area contributed by atoms with E-state index in [1.165, 1.54) is 19.2 Å². The van der Waals surface area contributed by atoms with Gasteiger partial charge in [-0.25, -0.2) is 13.2 Å². The van der Waals surface area contributed by atoms with Gasteiger partial charge >= 0.3 is 6.09 Å². The second-order valence-corrected chi connectivity index (χ2v) is 8.91. The summed E-state index contributed by atoms with van der Waals surface area (Å²) in [7, 11) is -0.729. The number of nitrogens with one attached hydrogen (secondary N) is 1. The lowest BCUT2D eigenvalue weighted by atomic mass is 9.94. The van der Waals surface area contributed by atoms with Crippen molar-refractivity contribution in [2.45, 2.75) is 30.1 Å². The number of anilines is 1. The fourth-order valence-corrected chi connectivity index (χ4v) is 5.03. The Bertz CT molecular complexity index is 927. The second-order valence-electron chi connectivity index (χ2n) is 6.97. The minimum absolute atomic E-state index is 0.137. The van der Waals surface area contributed by atoms with Crippen LogP contribution in [0.4, 0.5) is 10.5 Å². The second kappa shape index (κ2) is 9.28. The van der Waals surface area contributed by atoms with E-state index in [0.717, 1.165) is 30.6 Å². The first kappa shape index (κ1) is 21.1. The van der Waals surface area contributed by atoms with E-state index in [0.29, 0.717) is 18.8 Å². The summed E-state index contributed by atoms with van der Waals surface area (Å²) in [6, 6.07) is 14.0. The van der Waals surface area contributed by atoms with Crippen LogP contribution in [-0.4, -0.2) is 46.1 Å². The van der Waals surface area contributed by atoms with Crippen molar-refractivity contribution in [3.63, 3.8) is 0 Å². The number of carbonyl (C=O) groups excluding carboxylic acids is 1. The van der Waals surface area contributed by atoms with Crippen LogP contribution in [-0.2, 0) is 14.8 Å². The summed E-state index contributed by atoms with van der Waals surface area (Å²) in [5.74, 6) is 0.922. The molecule has 1 unspecified atom stereocenters. The molecule has 156 valence electrons. The molecule has 7 nitrogen and oxygen atoms in total. The van der Waals surface area contributed by atoms with Crippen molar-refractivity contribution in [3.05, 3.63) is 54.1 Å². The van der Waals surface area contributed by atoms with Crippen LogP contribution < -0.4 is 10.1 Å². The predicted molar refractivity (Wildman–Crippen MR) is 111 cm³/mol. The lowest BCUT2D eigenvalue weighted by Gasteiger charge is -2.24. The predicted octanol–water partition coefficient (Wildman–Crippen LogP) is 3.83. The topological polar surface area (TPSA) is 84.9 Å². The van der Waals surface area contributed by atoms with Crippen molar-refractivity contribution in [1.29, 1.82) is 0 Å². The number of methoxy groups -OCH3 is 2. The third kappa shape index (κ3) is 5.07. The van der Waals surface area contributed by atoms with Gasteiger partial charge in [-0.1, -0.05) is 18.6 Å². The lowest BCUT2D eigenvalue weighted by molar-refractivity contribution is 0.187. The van der Waals surface area contributed by atoms with Crippen molar-refractivity contribution < 1.29 is 22.7 Å². The molecule has 2 aromatic carbocycles. The molecule has 2 aromatic rings. The van der Waals surface area contributed by atoms with Crippen LogP contribution in [0.3, 0.4) is 0 Å². The van der Waals surface area contributed by atoms with Gasteiger partial charge < -0.3 is 9.47 Å². The molecule has 0 radical (unpaired) electrons. The summed E-state index contributed by atoms with van der Waals surface area (Å²) in [5, 5.41) is 2.52. The molecule has 1 saturated heterocycles. The number of hydrogen-bond donors (Lipinski definition) is 1. The Hall–Kier alpha value is -2.58. The first-order valence-electron chi connectivity index (χ1n) is 9.53. The molecule has 8 heteroatoms. The zero-order chi connectivity index (χ0) is 20.9. The standard InChI is InChI=1S/C21H26N2O5S/c1-27-19-10-6-16(7-11-19)17-5-3-4-14-23(15-17)29(25,26)20-12-8-18(9-13-20)22-21(24)28-2/h6-13,17H,3-5,14-15H2,1-2H3,(H,22,24). The van der Waals surface area contributed by atoms with Gasteiger partial charge in [-0.15, -0.1) is 0 Å². The van der Waals surface area contributed by atoms with Crippen molar-refractivity contribution in [3.8, 4) is 5.75 Å². The molecule has 0 saturated carbocycles. The van der Waals surface area contributed by atoms with Gasteiger partial charge in [-0.3, -0.25) is 5.32 Å². The van der Waals surface area contributed by atoms with Crippen LogP contribution in [0, 0.1) is 0 Å². The molecular formula is C21H26N2O5S. The summed E-state index contributed by atoms with van der Waals surface area (Å²) < 4.78 is 37.7. The highest BCUT2D eigenvalue weighted by Crippen LogP contribution is 2.30. The normalized spacial score (nSPS) is 17.9. The molecule has 0 aromatic heterocycles. The highest BCUT2D eigenvalue weighted by Gasteiger charge is 2.29. The third-order valence-electron chi connectivity index (χ3n) is 5.15. The van der Waals surface area contributed by atoms with E-state index in [1.807, 2.05) is 24.3 Å². The van der Waals surface area contributed by atoms with Crippen LogP contribution in [0.1, 0.15) is 30.7 Å². The van der Waals surface area contributed by atoms with Crippen molar-refractivity contribution in [2.75, 3.05) is 32.6 Å². The van der Waals surface area contributed by atoms with E-state index in [-0.39, 0.29) is 10.8 Å². The summed E-state index contributed by atoms with van der Waals surface area (Å²) in [6.45, 7) is 0.938. The van der Waals surface area contributed by atoms with Gasteiger partial charge in [0.2, 0.25) is 10.0 Å². The van der Waals surface area contributed by atoms with E-state index in [9.17, 15) is 13.2 Å². The van der Waals surface area contributed by atoms with E-state index in [2.05, 4.69) is 10.1 Å². The molecule has 1 amide bonds. The van der Waals surface area contributed by atoms with E-state index in [4.69, 9.17) is 4.74 Å². The summed E-state index contributed by atoms with van der Waals surface area (Å²) in [4.78, 5) is 11.5. The molecule has 1 heterocycles. The van der Waals surface area contributed by atoms with Crippen LogP contribution in [0.2, 0.25) is 0 Å². The molecule has 0 bridgehead atoms. The smallest absolute Gasteiger partial charge is 0.411 e. The van der Waals surface area contributed by atoms with Crippen molar-refractivity contribution in [1.82, 2.24) is 4.31 Å². The monoisotopic (exact) mass is 418 g/mol. The summed E-state index contributed by atoms with van der Waals surface area (Å²) in [6.07, 6.45) is 2.15. The first-order chi connectivity index (χ1) is 13.9. The molecule has 29 heavy (non-hydrogen) atoms. The zero-order valence-corrected chi connectivity index (χ0v) is 17.4. The third-order valence-corrected chi connectivity index (χ3v) is 7.02. The molecule has 1 fully saturated rings. The van der Waals surface area contributed by atoms with Gasteiger partial charge in [0, 0.05) is 18.8 Å². The number of ether oxygens (including phenoxy) is 2. The molecule has 0 spiro atoms. The largest absolute Gasteiger partial charge is 0.497 e. The highest BCUT2D eigenvalue weighted by molar-refractivity contribution is 7.89. The number of amides is 1. The molecular weight excluding hydrogens is 392 g/mol. The molecule has 0 aliphatic carbocycles. The average Bonchev–Trinajstić information content (AvgIpc) is 3.01. The van der Waals surface area contributed by atoms with Crippen LogP contribution in [0.5, 0.6) is 5.75 Å². The van der Waals surface area contributed by atoms with Gasteiger partial charge in [0.1, 0.15) is 5.75 Å². The molecule has 1 aliphatic rings. The number of rotatable bonds is 5. The molecule has 3 rings (SSSR count). The zero-order valence-electron chi connectivity index (χ0n) is 16.6. The Balaban J connectivity index is 1.78. The maximum Gasteiger partial charge on any atom is 0.411 e. The highest BCUT2D eigenvalue weighted by atomic mass is 32.2. The first-order valence-corrected chi connectivity index (χ1v) is 11.0. The van der Waals surface area contributed by atoms with Crippen molar-refractivity contribution in [2.24, 2.45) is 0 Å². The Labute approximate surface area is 171 Å². The Kier molecular flexibility index (Phi) is 6.76. The average molecular weight is 419 g/mol. The van der Waals surface area contributed by atoms with E-state index >= 15 is 0 Å². The van der Waals surface area contributed by atoms with Gasteiger partial charge in [0.25, 0.3) is 0 Å². The minimum Gasteiger partial charge on any atom is -0.497 e. The SMILES string of the molecule is COC(=O)Nc1ccc(S(=O)(=O)N2CCCCC(c3ccc(OC)cc3)C2)cc1. The maximum absolute atomic E-state index is 13.2. The summed E-state index contributed by atoms with van der Waals surface area (Å²) in [5.41, 5.74) is 1.59. The Morgan fingerprint density at radius 2 is 1.72 bits per heavy atom. The molecule has 1 aliphatic heterocycles. The van der Waals surface area contributed by atoms with E-state index < -0.39 is 16.1 Å². The van der Waals surface area contributed by atoms with E-state index in [1.54, 1.807) is 23.5 Å². The fraction of sp³-hybridized carbons (Fsp3) is 0.381. The van der Waals surface area contributed by atoms with Crippen LogP contribution in [0.25, 0.3) is 0 Å². The Morgan fingerprint density at radius 3 is 2.34 bits per heavy atom. The van der Waals surface area contributed by atoms with Crippen LogP contribution >= 0.6 is 0 Å². The van der Waals surface area contributed by atoms with Crippen molar-refractivity contribution >= 4 is 21.8 Å². The number of carbonyl (C=O) groups is 1. The number of hydrogen-bond acceptors (Lipinski definition) is 5. The quantitative estimate of drug-likeness (QED) is 0.798. The van der Waals surface area contributed by atoms with Crippen LogP contribution in [0.15, 0.2) is 53.4 Å². The lowest BCUT2D eigenvalue weighted by Crippen LogP contribution is -2.34. The fourth-order valence-electron chi connectivity index (χ4n) is 3.50. The van der Waals surface area contributed by atoms with Gasteiger partial charge in [0.05, 0.1) is 19.1 Å². The minimum atomic E-state index is -3.63. The maximum atomic E-state index is 13.2. The number of nitrogens with zero attached hydrogens (tertiary/aromatic N) is 1. The number of sulfonamides is 1. The van der Waals surface area contributed by atoms with Gasteiger partial charge in [-0.05, 0) is 60.7 Å². The Morgan fingerprint density at radius 1 is 1.03 bits per heavy atom. The molecule has 1 atom stereocenters. The number of benzene rings is 2.